The third-order valence-electron chi connectivity index (χ3n) is 1.70. The van der Waals surface area contributed by atoms with Crippen LogP contribution in [0.1, 0.15) is 13.3 Å². The van der Waals surface area contributed by atoms with Crippen molar-refractivity contribution >= 4 is 5.82 Å². The van der Waals surface area contributed by atoms with Gasteiger partial charge in [0, 0.05) is 25.9 Å². The summed E-state index contributed by atoms with van der Waals surface area (Å²) < 4.78 is 1.72. The zero-order valence-corrected chi connectivity index (χ0v) is 7.49. The van der Waals surface area contributed by atoms with E-state index >= 15 is 0 Å². The summed E-state index contributed by atoms with van der Waals surface area (Å²) in [4.78, 5) is 0. The van der Waals surface area contributed by atoms with Crippen molar-refractivity contribution in [3.63, 3.8) is 0 Å². The van der Waals surface area contributed by atoms with Crippen LogP contribution in [-0.4, -0.2) is 27.5 Å². The highest BCUT2D eigenvalue weighted by Crippen LogP contribution is 2.01. The van der Waals surface area contributed by atoms with Crippen LogP contribution in [-0.2, 0) is 7.05 Å². The highest BCUT2D eigenvalue weighted by atomic mass is 16.3. The van der Waals surface area contributed by atoms with Crippen molar-refractivity contribution in [2.45, 2.75) is 19.4 Å². The van der Waals surface area contributed by atoms with Crippen LogP contribution in [0.5, 0.6) is 0 Å². The molecule has 1 aromatic heterocycles. The zero-order valence-electron chi connectivity index (χ0n) is 7.49. The number of anilines is 1. The summed E-state index contributed by atoms with van der Waals surface area (Å²) in [6, 6.07) is 1.88. The van der Waals surface area contributed by atoms with Gasteiger partial charge in [-0.3, -0.25) is 4.68 Å². The lowest BCUT2D eigenvalue weighted by atomic mass is 10.3. The second-order valence-corrected chi connectivity index (χ2v) is 2.82. The maximum absolute atomic E-state index is 9.23. The molecule has 0 aromatic carbocycles. The Morgan fingerprint density at radius 3 is 3.00 bits per heavy atom. The first-order valence-electron chi connectivity index (χ1n) is 4.14. The van der Waals surface area contributed by atoms with E-state index in [2.05, 4.69) is 10.4 Å². The van der Waals surface area contributed by atoms with Crippen LogP contribution in [0.15, 0.2) is 12.3 Å². The van der Waals surface area contributed by atoms with E-state index in [0.717, 1.165) is 12.2 Å². The molecule has 0 bridgehead atoms. The molecule has 0 amide bonds. The molecule has 0 fully saturated rings. The Bertz CT molecular complexity index is 234. The molecule has 1 unspecified atom stereocenters. The Hall–Kier alpha value is -1.03. The van der Waals surface area contributed by atoms with Crippen LogP contribution in [0.25, 0.3) is 0 Å². The lowest BCUT2D eigenvalue weighted by Gasteiger charge is -2.07. The van der Waals surface area contributed by atoms with Crippen molar-refractivity contribution < 1.29 is 5.11 Å². The van der Waals surface area contributed by atoms with E-state index < -0.39 is 0 Å². The summed E-state index contributed by atoms with van der Waals surface area (Å²) in [7, 11) is 1.86. The molecule has 0 aliphatic heterocycles. The molecular formula is C8H15N3O. The fourth-order valence-electron chi connectivity index (χ4n) is 0.876. The monoisotopic (exact) mass is 169 g/mol. The van der Waals surface area contributed by atoms with Crippen molar-refractivity contribution in [3.05, 3.63) is 12.3 Å². The van der Waals surface area contributed by atoms with E-state index in [1.807, 2.05) is 26.2 Å². The van der Waals surface area contributed by atoms with Gasteiger partial charge >= 0.3 is 0 Å². The Labute approximate surface area is 72.2 Å². The van der Waals surface area contributed by atoms with Gasteiger partial charge in [-0.1, -0.05) is 6.92 Å². The van der Waals surface area contributed by atoms with Gasteiger partial charge < -0.3 is 10.4 Å². The third kappa shape index (κ3) is 2.54. The molecule has 1 aromatic rings. The average Bonchev–Trinajstić information content (AvgIpc) is 2.47. The van der Waals surface area contributed by atoms with Crippen molar-refractivity contribution in [2.24, 2.45) is 7.05 Å². The van der Waals surface area contributed by atoms with Gasteiger partial charge in [-0.2, -0.15) is 5.10 Å². The fraction of sp³-hybridized carbons (Fsp3) is 0.625. The maximum atomic E-state index is 9.23. The molecular weight excluding hydrogens is 154 g/mol. The van der Waals surface area contributed by atoms with Crippen LogP contribution >= 0.6 is 0 Å². The number of aliphatic hydroxyl groups is 1. The van der Waals surface area contributed by atoms with Crippen molar-refractivity contribution in [2.75, 3.05) is 11.9 Å². The minimum absolute atomic E-state index is 0.285. The molecule has 12 heavy (non-hydrogen) atoms. The highest BCUT2D eigenvalue weighted by Gasteiger charge is 2.00. The number of hydrogen-bond acceptors (Lipinski definition) is 3. The molecule has 1 rings (SSSR count). The number of hydrogen-bond donors (Lipinski definition) is 2. The summed E-state index contributed by atoms with van der Waals surface area (Å²) in [6.45, 7) is 2.51. The molecule has 0 saturated heterocycles. The van der Waals surface area contributed by atoms with Crippen molar-refractivity contribution in [1.29, 1.82) is 0 Å². The highest BCUT2D eigenvalue weighted by molar-refractivity contribution is 5.31. The van der Waals surface area contributed by atoms with Crippen LogP contribution in [0, 0.1) is 0 Å². The lowest BCUT2D eigenvalue weighted by molar-refractivity contribution is 0.183. The third-order valence-corrected chi connectivity index (χ3v) is 1.70. The van der Waals surface area contributed by atoms with Gasteiger partial charge in [-0.15, -0.1) is 0 Å². The number of rotatable bonds is 4. The molecule has 1 atom stereocenters. The summed E-state index contributed by atoms with van der Waals surface area (Å²) in [5.74, 6) is 0.810. The topological polar surface area (TPSA) is 50.1 Å². The summed E-state index contributed by atoms with van der Waals surface area (Å²) in [6.07, 6.45) is 2.34. The van der Waals surface area contributed by atoms with Gasteiger partial charge in [0.25, 0.3) is 0 Å². The standard InChI is InChI=1S/C8H15N3O/c1-3-7(12)6-9-8-4-5-11(2)10-8/h4-5,7,12H,3,6H2,1-2H3,(H,9,10). The Morgan fingerprint density at radius 1 is 1.75 bits per heavy atom. The van der Waals surface area contributed by atoms with Crippen molar-refractivity contribution in [3.8, 4) is 0 Å². The molecule has 4 heteroatoms. The molecule has 4 nitrogen and oxygen atoms in total. The summed E-state index contributed by atoms with van der Waals surface area (Å²) >= 11 is 0. The van der Waals surface area contributed by atoms with Gasteiger partial charge in [0.15, 0.2) is 0 Å². The minimum atomic E-state index is -0.285. The van der Waals surface area contributed by atoms with Gasteiger partial charge in [0.1, 0.15) is 5.82 Å². The Morgan fingerprint density at radius 2 is 2.50 bits per heavy atom. The first-order chi connectivity index (χ1) is 5.72. The van der Waals surface area contributed by atoms with E-state index in [9.17, 15) is 5.11 Å². The van der Waals surface area contributed by atoms with Crippen molar-refractivity contribution in [1.82, 2.24) is 9.78 Å². The normalized spacial score (nSPS) is 12.9. The predicted molar refractivity (Wildman–Crippen MR) is 48.0 cm³/mol. The number of aliphatic hydroxyl groups excluding tert-OH is 1. The largest absolute Gasteiger partial charge is 0.391 e. The zero-order chi connectivity index (χ0) is 8.97. The summed E-state index contributed by atoms with van der Waals surface area (Å²) in [5, 5.41) is 16.4. The van der Waals surface area contributed by atoms with E-state index in [1.54, 1.807) is 4.68 Å². The molecule has 1 heterocycles. The second-order valence-electron chi connectivity index (χ2n) is 2.82. The first kappa shape index (κ1) is 9.06. The van der Waals surface area contributed by atoms with E-state index in [0.29, 0.717) is 6.54 Å². The maximum Gasteiger partial charge on any atom is 0.148 e. The summed E-state index contributed by atoms with van der Waals surface area (Å²) in [5.41, 5.74) is 0. The van der Waals surface area contributed by atoms with Crippen LogP contribution in [0.4, 0.5) is 5.82 Å². The van der Waals surface area contributed by atoms with Gasteiger partial charge in [0.05, 0.1) is 6.10 Å². The Kier molecular flexibility index (Phi) is 3.10. The first-order valence-corrected chi connectivity index (χ1v) is 4.14. The fourth-order valence-corrected chi connectivity index (χ4v) is 0.876. The number of aromatic nitrogens is 2. The average molecular weight is 169 g/mol. The Balaban J connectivity index is 2.33. The SMILES string of the molecule is CCC(O)CNc1ccn(C)n1. The molecule has 2 N–H and O–H groups in total. The molecule has 68 valence electrons. The van der Waals surface area contributed by atoms with E-state index in [4.69, 9.17) is 0 Å². The van der Waals surface area contributed by atoms with Gasteiger partial charge in [0.2, 0.25) is 0 Å². The number of nitrogens with zero attached hydrogens (tertiary/aromatic N) is 2. The molecule has 0 saturated carbocycles. The quantitative estimate of drug-likeness (QED) is 0.694. The second kappa shape index (κ2) is 4.11. The molecule has 0 aliphatic carbocycles. The van der Waals surface area contributed by atoms with Gasteiger partial charge in [-0.25, -0.2) is 0 Å². The van der Waals surface area contributed by atoms with E-state index in [-0.39, 0.29) is 6.10 Å². The smallest absolute Gasteiger partial charge is 0.148 e. The molecule has 0 aliphatic rings. The minimum Gasteiger partial charge on any atom is -0.391 e. The van der Waals surface area contributed by atoms with Crippen LogP contribution in [0.2, 0.25) is 0 Å². The lowest BCUT2D eigenvalue weighted by Crippen LogP contribution is -2.18. The van der Waals surface area contributed by atoms with E-state index in [1.165, 1.54) is 0 Å². The van der Waals surface area contributed by atoms with Gasteiger partial charge in [-0.05, 0) is 6.42 Å². The van der Waals surface area contributed by atoms with Crippen LogP contribution in [0.3, 0.4) is 0 Å². The van der Waals surface area contributed by atoms with Crippen LogP contribution < -0.4 is 5.32 Å². The number of aryl methyl sites for hydroxylation is 1. The number of nitrogens with one attached hydrogen (secondary N) is 1. The molecule has 0 radical (unpaired) electrons. The predicted octanol–water partition coefficient (Wildman–Crippen LogP) is 0.603. The molecule has 0 spiro atoms.